The molecule has 34 heavy (non-hydrogen) atoms. The molecule has 2 aromatic rings. The van der Waals surface area contributed by atoms with Crippen LogP contribution in [0.15, 0.2) is 5.03 Å². The highest BCUT2D eigenvalue weighted by Gasteiger charge is 2.53. The van der Waals surface area contributed by atoms with Gasteiger partial charge in [0.1, 0.15) is 15.7 Å². The fourth-order valence-electron chi connectivity index (χ4n) is 8.51. The molecule has 5 fully saturated rings. The number of thioether (sulfide) groups is 1. The molecular formula is C28H37N3OS2. The highest BCUT2D eigenvalue weighted by molar-refractivity contribution is 8.00. The van der Waals surface area contributed by atoms with Gasteiger partial charge in [-0.25, -0.2) is 9.97 Å². The Morgan fingerprint density at radius 1 is 1.06 bits per heavy atom. The summed E-state index contributed by atoms with van der Waals surface area (Å²) in [6, 6.07) is 0.386. The van der Waals surface area contributed by atoms with Gasteiger partial charge in [0.15, 0.2) is 0 Å². The Balaban J connectivity index is 1.24. The number of hydrogen-bond acceptors (Lipinski definition) is 5. The average molecular weight is 496 g/mol. The maximum atomic E-state index is 12.8. The molecule has 2 aromatic heterocycles. The van der Waals surface area contributed by atoms with E-state index in [4.69, 9.17) is 9.97 Å². The van der Waals surface area contributed by atoms with Crippen molar-refractivity contribution in [3.8, 4) is 0 Å². The summed E-state index contributed by atoms with van der Waals surface area (Å²) in [5, 5.41) is 5.67. The van der Waals surface area contributed by atoms with E-state index in [9.17, 15) is 4.79 Å². The first-order valence-electron chi connectivity index (χ1n) is 13.8. The van der Waals surface area contributed by atoms with E-state index in [2.05, 4.69) is 12.2 Å². The molecule has 2 heterocycles. The van der Waals surface area contributed by atoms with Crippen LogP contribution in [0, 0.1) is 23.7 Å². The summed E-state index contributed by atoms with van der Waals surface area (Å²) in [6.45, 7) is 2.38. The molecule has 1 N–H and O–H groups in total. The Hall–Kier alpha value is -1.14. The van der Waals surface area contributed by atoms with Crippen molar-refractivity contribution in [2.75, 3.05) is 5.75 Å². The van der Waals surface area contributed by atoms with Gasteiger partial charge >= 0.3 is 0 Å². The second-order valence-corrected chi connectivity index (χ2v) is 14.5. The molecule has 182 valence electrons. The minimum atomic E-state index is 0.178. The van der Waals surface area contributed by atoms with Crippen LogP contribution in [0.3, 0.4) is 0 Å². The number of aryl methyl sites for hydroxylation is 1. The number of amides is 1. The third-order valence-corrected chi connectivity index (χ3v) is 11.8. The highest BCUT2D eigenvalue weighted by atomic mass is 32.2. The monoisotopic (exact) mass is 495 g/mol. The zero-order valence-electron chi connectivity index (χ0n) is 20.4. The minimum absolute atomic E-state index is 0.178. The molecule has 0 unspecified atom stereocenters. The Morgan fingerprint density at radius 2 is 1.76 bits per heavy atom. The third-order valence-electron chi connectivity index (χ3n) is 9.69. The molecule has 6 heteroatoms. The largest absolute Gasteiger partial charge is 0.353 e. The van der Waals surface area contributed by atoms with E-state index in [0.29, 0.717) is 11.8 Å². The predicted octanol–water partition coefficient (Wildman–Crippen LogP) is 6.43. The van der Waals surface area contributed by atoms with Crippen molar-refractivity contribution in [2.24, 2.45) is 23.7 Å². The Morgan fingerprint density at radius 3 is 2.47 bits per heavy atom. The van der Waals surface area contributed by atoms with Gasteiger partial charge < -0.3 is 5.32 Å². The first-order chi connectivity index (χ1) is 16.5. The number of aromatic nitrogens is 2. The molecule has 6 aliphatic rings. The van der Waals surface area contributed by atoms with Crippen molar-refractivity contribution >= 4 is 39.2 Å². The van der Waals surface area contributed by atoms with Gasteiger partial charge in [-0.3, -0.25) is 4.79 Å². The summed E-state index contributed by atoms with van der Waals surface area (Å²) in [4.78, 5) is 26.3. The van der Waals surface area contributed by atoms with E-state index in [1.54, 1.807) is 11.8 Å². The van der Waals surface area contributed by atoms with Crippen LogP contribution in [0.1, 0.15) is 93.8 Å². The van der Waals surface area contributed by atoms with Crippen LogP contribution in [0.2, 0.25) is 0 Å². The number of hydrogen-bond donors (Lipinski definition) is 1. The second-order valence-electron chi connectivity index (χ2n) is 12.4. The lowest BCUT2D eigenvalue weighted by Crippen LogP contribution is -2.49. The van der Waals surface area contributed by atoms with Gasteiger partial charge in [0, 0.05) is 21.7 Å². The molecule has 1 atom stereocenters. The van der Waals surface area contributed by atoms with Crippen molar-refractivity contribution in [3.05, 3.63) is 16.3 Å². The molecule has 1 amide bonds. The van der Waals surface area contributed by atoms with Crippen molar-refractivity contribution < 1.29 is 4.79 Å². The number of carbonyl (C=O) groups excluding carboxylic acids is 1. The zero-order chi connectivity index (χ0) is 22.9. The van der Waals surface area contributed by atoms with Gasteiger partial charge in [-0.05, 0) is 99.9 Å². The molecule has 0 saturated heterocycles. The first kappa shape index (κ1) is 22.1. The molecular weight excluding hydrogens is 458 g/mol. The summed E-state index contributed by atoms with van der Waals surface area (Å²) in [7, 11) is 0. The smallest absolute Gasteiger partial charge is 0.230 e. The molecule has 8 rings (SSSR count). The number of nitrogens with one attached hydrogen (secondary N) is 1. The number of carbonyl (C=O) groups is 1. The SMILES string of the molecule is C[C@@H]1CCc2c(sc3nc(C45CC6CC(CC(C6)C4)C5)nc(SCC(=O)NC4CCCC4)c23)C1. The number of nitrogens with zero attached hydrogens (tertiary/aromatic N) is 2. The van der Waals surface area contributed by atoms with Crippen molar-refractivity contribution in [3.63, 3.8) is 0 Å². The predicted molar refractivity (Wildman–Crippen MR) is 140 cm³/mol. The van der Waals surface area contributed by atoms with Gasteiger partial charge in [-0.2, -0.15) is 0 Å². The summed E-state index contributed by atoms with van der Waals surface area (Å²) in [5.74, 6) is 5.19. The van der Waals surface area contributed by atoms with E-state index < -0.39 is 0 Å². The topological polar surface area (TPSA) is 54.9 Å². The zero-order valence-corrected chi connectivity index (χ0v) is 22.0. The number of fused-ring (bicyclic) bond motifs is 3. The quantitative estimate of drug-likeness (QED) is 0.383. The second kappa shape index (κ2) is 8.47. The molecule has 4 bridgehead atoms. The van der Waals surface area contributed by atoms with Gasteiger partial charge in [0.2, 0.25) is 5.91 Å². The lowest BCUT2D eigenvalue weighted by molar-refractivity contribution is -0.119. The Bertz CT molecular complexity index is 1080. The van der Waals surface area contributed by atoms with Crippen LogP contribution < -0.4 is 5.32 Å². The lowest BCUT2D eigenvalue weighted by Gasteiger charge is -2.56. The standard InChI is InChI=1S/C28H37N3OS2/c1-16-6-7-21-22(8-16)34-26-24(21)25(33-15-23(32)29-20-4-2-3-5-20)30-27(31-26)28-12-17-9-18(13-28)11-19(10-17)14-28/h16-20H,2-15H2,1H3,(H,29,32)/t16-,17?,18?,19?,28?/m1/s1. The van der Waals surface area contributed by atoms with E-state index in [0.717, 1.165) is 53.8 Å². The maximum absolute atomic E-state index is 12.8. The van der Waals surface area contributed by atoms with Gasteiger partial charge in [-0.15, -0.1) is 11.3 Å². The van der Waals surface area contributed by atoms with E-state index >= 15 is 0 Å². The van der Waals surface area contributed by atoms with Crippen LogP contribution >= 0.6 is 23.1 Å². The first-order valence-corrected chi connectivity index (χ1v) is 15.6. The summed E-state index contributed by atoms with van der Waals surface area (Å²) >= 11 is 3.61. The number of rotatable bonds is 5. The number of thiophene rings is 1. The molecule has 6 aliphatic carbocycles. The van der Waals surface area contributed by atoms with E-state index in [1.807, 2.05) is 11.3 Å². The summed E-state index contributed by atoms with van der Waals surface area (Å²) < 4.78 is 0. The lowest BCUT2D eigenvalue weighted by atomic mass is 9.49. The summed E-state index contributed by atoms with van der Waals surface area (Å²) in [5.41, 5.74) is 1.69. The fourth-order valence-corrected chi connectivity index (χ4v) is 10.8. The van der Waals surface area contributed by atoms with Gasteiger partial charge in [0.25, 0.3) is 0 Å². The van der Waals surface area contributed by atoms with Crippen molar-refractivity contribution in [2.45, 2.75) is 107 Å². The summed E-state index contributed by atoms with van der Waals surface area (Å²) in [6.07, 6.45) is 16.5. The van der Waals surface area contributed by atoms with E-state index in [-0.39, 0.29) is 11.3 Å². The van der Waals surface area contributed by atoms with Crippen LogP contribution in [0.5, 0.6) is 0 Å². The normalized spacial score (nSPS) is 34.6. The molecule has 5 saturated carbocycles. The molecule has 0 aliphatic heterocycles. The molecule has 0 radical (unpaired) electrons. The maximum Gasteiger partial charge on any atom is 0.230 e. The highest BCUT2D eigenvalue weighted by Crippen LogP contribution is 2.60. The Labute approximate surface area is 211 Å². The Kier molecular flexibility index (Phi) is 5.50. The van der Waals surface area contributed by atoms with Crippen LogP contribution in [0.4, 0.5) is 0 Å². The van der Waals surface area contributed by atoms with Crippen LogP contribution in [-0.2, 0) is 23.1 Å². The average Bonchev–Trinajstić information content (AvgIpc) is 3.43. The third kappa shape index (κ3) is 3.82. The minimum Gasteiger partial charge on any atom is -0.353 e. The van der Waals surface area contributed by atoms with Gasteiger partial charge in [-0.1, -0.05) is 31.5 Å². The molecule has 0 aromatic carbocycles. The van der Waals surface area contributed by atoms with Crippen LogP contribution in [0.25, 0.3) is 10.2 Å². The van der Waals surface area contributed by atoms with Gasteiger partial charge in [0.05, 0.1) is 5.75 Å². The fraction of sp³-hybridized carbons (Fsp3) is 0.750. The van der Waals surface area contributed by atoms with Crippen molar-refractivity contribution in [1.82, 2.24) is 15.3 Å². The van der Waals surface area contributed by atoms with Crippen LogP contribution in [-0.4, -0.2) is 27.7 Å². The molecule has 4 nitrogen and oxygen atoms in total. The van der Waals surface area contributed by atoms with Crippen molar-refractivity contribution in [1.29, 1.82) is 0 Å². The molecule has 0 spiro atoms. The van der Waals surface area contributed by atoms with E-state index in [1.165, 1.54) is 84.9 Å².